The number of ether oxygens (including phenoxy) is 2. The van der Waals surface area contributed by atoms with E-state index in [0.29, 0.717) is 13.2 Å². The number of hydrogen-bond acceptors (Lipinski definition) is 3. The standard InChI is InChI=1S/C25H23BrO3/c1-2-28-25(27)18-19-8-14-23(15-9-19)29-17-16-24(20-6-4-3-5-7-20)21-10-12-22(26)13-11-21/h3-16H,2,17-18H2,1H3/b24-16-. The Labute approximate surface area is 180 Å². The predicted octanol–water partition coefficient (Wildman–Crippen LogP) is 6.07. The van der Waals surface area contributed by atoms with Gasteiger partial charge < -0.3 is 9.47 Å². The molecule has 29 heavy (non-hydrogen) atoms. The number of carbonyl (C=O) groups is 1. The van der Waals surface area contributed by atoms with Crippen molar-refractivity contribution in [3.8, 4) is 5.75 Å². The van der Waals surface area contributed by atoms with Crippen molar-refractivity contribution in [1.29, 1.82) is 0 Å². The lowest BCUT2D eigenvalue weighted by Gasteiger charge is -2.10. The van der Waals surface area contributed by atoms with Gasteiger partial charge in [0.1, 0.15) is 12.4 Å². The fraction of sp³-hybridized carbons (Fsp3) is 0.160. The smallest absolute Gasteiger partial charge is 0.310 e. The van der Waals surface area contributed by atoms with Gasteiger partial charge in [-0.15, -0.1) is 0 Å². The molecule has 0 aliphatic carbocycles. The second kappa shape index (κ2) is 10.6. The molecule has 0 N–H and O–H groups in total. The molecule has 3 aromatic carbocycles. The summed E-state index contributed by atoms with van der Waals surface area (Å²) in [6, 6.07) is 26.1. The second-order valence-electron chi connectivity index (χ2n) is 6.43. The van der Waals surface area contributed by atoms with Crippen LogP contribution in [0.25, 0.3) is 5.57 Å². The van der Waals surface area contributed by atoms with Crippen LogP contribution < -0.4 is 4.74 Å². The van der Waals surface area contributed by atoms with Crippen molar-refractivity contribution in [2.24, 2.45) is 0 Å². The maximum absolute atomic E-state index is 11.6. The average molecular weight is 451 g/mol. The summed E-state index contributed by atoms with van der Waals surface area (Å²) < 4.78 is 11.9. The van der Waals surface area contributed by atoms with Gasteiger partial charge >= 0.3 is 5.97 Å². The molecule has 0 bridgehead atoms. The van der Waals surface area contributed by atoms with Gasteiger partial charge in [-0.25, -0.2) is 0 Å². The minimum atomic E-state index is -0.217. The molecule has 0 amide bonds. The first-order valence-corrected chi connectivity index (χ1v) is 10.3. The Morgan fingerprint density at radius 3 is 2.21 bits per heavy atom. The van der Waals surface area contributed by atoms with Crippen LogP contribution in [0.2, 0.25) is 0 Å². The van der Waals surface area contributed by atoms with Gasteiger partial charge in [-0.2, -0.15) is 0 Å². The summed E-state index contributed by atoms with van der Waals surface area (Å²) in [6.07, 6.45) is 2.36. The summed E-state index contributed by atoms with van der Waals surface area (Å²) >= 11 is 3.49. The second-order valence-corrected chi connectivity index (χ2v) is 7.34. The van der Waals surface area contributed by atoms with Gasteiger partial charge in [0, 0.05) is 4.47 Å². The molecular formula is C25H23BrO3. The molecule has 3 nitrogen and oxygen atoms in total. The van der Waals surface area contributed by atoms with Gasteiger partial charge in [-0.05, 0) is 59.5 Å². The number of hydrogen-bond donors (Lipinski definition) is 0. The van der Waals surface area contributed by atoms with Crippen LogP contribution in [0.1, 0.15) is 23.6 Å². The molecule has 0 radical (unpaired) electrons. The molecule has 0 unspecified atom stereocenters. The van der Waals surface area contributed by atoms with E-state index in [0.717, 1.165) is 32.5 Å². The Bertz CT molecular complexity index is 946. The van der Waals surface area contributed by atoms with E-state index in [-0.39, 0.29) is 12.4 Å². The molecule has 0 fully saturated rings. The third-order valence-corrected chi connectivity index (χ3v) is 4.88. The van der Waals surface area contributed by atoms with Crippen molar-refractivity contribution in [2.75, 3.05) is 13.2 Å². The molecule has 0 saturated heterocycles. The zero-order chi connectivity index (χ0) is 20.5. The van der Waals surface area contributed by atoms with Crippen molar-refractivity contribution in [2.45, 2.75) is 13.3 Å². The van der Waals surface area contributed by atoms with Crippen LogP contribution in [0, 0.1) is 0 Å². The fourth-order valence-corrected chi connectivity index (χ4v) is 3.22. The molecule has 0 aromatic heterocycles. The third-order valence-electron chi connectivity index (χ3n) is 4.35. The first kappa shape index (κ1) is 20.9. The van der Waals surface area contributed by atoms with Gasteiger partial charge in [0.25, 0.3) is 0 Å². The largest absolute Gasteiger partial charge is 0.490 e. The summed E-state index contributed by atoms with van der Waals surface area (Å²) in [4.78, 5) is 11.6. The summed E-state index contributed by atoms with van der Waals surface area (Å²) in [6.45, 7) is 2.65. The van der Waals surface area contributed by atoms with Crippen LogP contribution in [-0.2, 0) is 16.0 Å². The minimum absolute atomic E-state index is 0.217. The van der Waals surface area contributed by atoms with E-state index in [1.807, 2.05) is 54.6 Å². The van der Waals surface area contributed by atoms with Crippen LogP contribution >= 0.6 is 15.9 Å². The van der Waals surface area contributed by atoms with Crippen molar-refractivity contribution in [3.63, 3.8) is 0 Å². The van der Waals surface area contributed by atoms with Crippen LogP contribution in [0.3, 0.4) is 0 Å². The summed E-state index contributed by atoms with van der Waals surface area (Å²) in [5.41, 5.74) is 4.30. The molecule has 3 rings (SSSR count). The predicted molar refractivity (Wildman–Crippen MR) is 120 cm³/mol. The molecule has 0 heterocycles. The van der Waals surface area contributed by atoms with E-state index in [4.69, 9.17) is 9.47 Å². The summed E-state index contributed by atoms with van der Waals surface area (Å²) in [7, 11) is 0. The molecule has 148 valence electrons. The molecule has 0 atom stereocenters. The van der Waals surface area contributed by atoms with Crippen molar-refractivity contribution in [1.82, 2.24) is 0 Å². The van der Waals surface area contributed by atoms with Crippen LogP contribution in [0.4, 0.5) is 0 Å². The SMILES string of the molecule is CCOC(=O)Cc1ccc(OC/C=C(/c2ccccc2)c2ccc(Br)cc2)cc1. The Kier molecular flexibility index (Phi) is 7.65. The Balaban J connectivity index is 1.70. The topological polar surface area (TPSA) is 35.5 Å². The highest BCUT2D eigenvalue weighted by atomic mass is 79.9. The van der Waals surface area contributed by atoms with Crippen LogP contribution in [-0.4, -0.2) is 19.2 Å². The first-order chi connectivity index (χ1) is 14.2. The van der Waals surface area contributed by atoms with Gasteiger partial charge in [-0.3, -0.25) is 4.79 Å². The Morgan fingerprint density at radius 1 is 0.897 bits per heavy atom. The Hall–Kier alpha value is -2.85. The number of benzene rings is 3. The van der Waals surface area contributed by atoms with Gasteiger partial charge in [0.15, 0.2) is 0 Å². The van der Waals surface area contributed by atoms with Crippen molar-refractivity contribution in [3.05, 3.63) is 106 Å². The zero-order valence-corrected chi connectivity index (χ0v) is 17.9. The molecule has 0 aliphatic heterocycles. The highest BCUT2D eigenvalue weighted by Gasteiger charge is 2.06. The normalized spacial score (nSPS) is 11.2. The minimum Gasteiger partial charge on any atom is -0.490 e. The van der Waals surface area contributed by atoms with Crippen LogP contribution in [0.15, 0.2) is 89.4 Å². The lowest BCUT2D eigenvalue weighted by molar-refractivity contribution is -0.142. The van der Waals surface area contributed by atoms with Gasteiger partial charge in [0.2, 0.25) is 0 Å². The lowest BCUT2D eigenvalue weighted by atomic mass is 9.98. The quantitative estimate of drug-likeness (QED) is 0.391. The van der Waals surface area contributed by atoms with Crippen molar-refractivity contribution >= 4 is 27.5 Å². The number of esters is 1. The molecular weight excluding hydrogens is 428 g/mol. The highest BCUT2D eigenvalue weighted by Crippen LogP contribution is 2.25. The number of halogens is 1. The molecule has 0 saturated carbocycles. The van der Waals surface area contributed by atoms with E-state index in [1.165, 1.54) is 0 Å². The van der Waals surface area contributed by atoms with Crippen LogP contribution in [0.5, 0.6) is 5.75 Å². The van der Waals surface area contributed by atoms with E-state index in [1.54, 1.807) is 6.92 Å². The number of rotatable bonds is 8. The maximum Gasteiger partial charge on any atom is 0.310 e. The molecule has 4 heteroatoms. The monoisotopic (exact) mass is 450 g/mol. The van der Waals surface area contributed by atoms with E-state index in [2.05, 4.69) is 46.3 Å². The Morgan fingerprint density at radius 2 is 1.55 bits per heavy atom. The molecule has 0 aliphatic rings. The number of carbonyl (C=O) groups excluding carboxylic acids is 1. The summed E-state index contributed by atoms with van der Waals surface area (Å²) in [5, 5.41) is 0. The third kappa shape index (κ3) is 6.33. The lowest BCUT2D eigenvalue weighted by Crippen LogP contribution is -2.07. The fourth-order valence-electron chi connectivity index (χ4n) is 2.95. The molecule has 0 spiro atoms. The van der Waals surface area contributed by atoms with Gasteiger partial charge in [-0.1, -0.05) is 70.5 Å². The first-order valence-electron chi connectivity index (χ1n) is 9.54. The van der Waals surface area contributed by atoms with Gasteiger partial charge in [0.05, 0.1) is 13.0 Å². The maximum atomic E-state index is 11.6. The van der Waals surface area contributed by atoms with Crippen molar-refractivity contribution < 1.29 is 14.3 Å². The molecule has 3 aromatic rings. The highest BCUT2D eigenvalue weighted by molar-refractivity contribution is 9.10. The summed E-state index contributed by atoms with van der Waals surface area (Å²) in [5.74, 6) is 0.545. The van der Waals surface area contributed by atoms with E-state index >= 15 is 0 Å². The average Bonchev–Trinajstić information content (AvgIpc) is 2.74. The van der Waals surface area contributed by atoms with E-state index in [9.17, 15) is 4.79 Å². The zero-order valence-electron chi connectivity index (χ0n) is 16.3. The van der Waals surface area contributed by atoms with E-state index < -0.39 is 0 Å².